The van der Waals surface area contributed by atoms with Crippen molar-refractivity contribution in [3.8, 4) is 6.19 Å². The van der Waals surface area contributed by atoms with Crippen LogP contribution in [0.4, 0.5) is 46.3 Å². The van der Waals surface area contributed by atoms with Crippen molar-refractivity contribution in [2.75, 3.05) is 34.0 Å². The SMILES string of the molecule is N#CNc1nc(Nc2cccc(SOOO)c2)nc(Nc2cc(N)c(S(=O)(=O)O)cc2N=Nc2ccc(S(=O)(=O)CCOSOOO)cc2)n1. The number of nitrogens with zero attached hydrogens (tertiary/aromatic N) is 6. The van der Waals surface area contributed by atoms with Crippen molar-refractivity contribution >= 4 is 90.6 Å². The summed E-state index contributed by atoms with van der Waals surface area (Å²) in [7, 11) is -8.61. The number of anilines is 6. The Labute approximate surface area is 290 Å². The van der Waals surface area contributed by atoms with E-state index in [2.05, 4.69) is 59.9 Å². The van der Waals surface area contributed by atoms with Crippen LogP contribution < -0.4 is 21.7 Å². The molecule has 4 aromatic rings. The summed E-state index contributed by atoms with van der Waals surface area (Å²) in [6, 6.07) is 13.7. The molecular weight excluding hydrogens is 749 g/mol. The first-order valence-corrected chi connectivity index (χ1v) is 17.5. The van der Waals surface area contributed by atoms with Gasteiger partial charge < -0.3 is 16.4 Å². The van der Waals surface area contributed by atoms with Crippen LogP contribution in [0, 0.1) is 11.5 Å². The number of nitrogen functional groups attached to an aromatic ring is 1. The number of azo groups is 1. The number of nitrogens with two attached hydrogens (primary N) is 1. The number of nitriles is 1. The van der Waals surface area contributed by atoms with Gasteiger partial charge in [-0.2, -0.15) is 33.7 Å². The van der Waals surface area contributed by atoms with Gasteiger partial charge in [-0.3, -0.25) is 14.1 Å². The molecule has 0 atom stereocenters. The summed E-state index contributed by atoms with van der Waals surface area (Å²) in [4.78, 5) is 12.2. The second-order valence-corrected chi connectivity index (χ2v) is 13.8. The van der Waals surface area contributed by atoms with Crippen LogP contribution in [0.1, 0.15) is 0 Å². The van der Waals surface area contributed by atoms with Crippen LogP contribution in [0.3, 0.4) is 0 Å². The smallest absolute Gasteiger partial charge is 0.296 e. The van der Waals surface area contributed by atoms with E-state index < -0.39 is 30.6 Å². The number of sulfone groups is 1. The molecule has 0 amide bonds. The molecule has 26 heteroatoms. The molecule has 0 saturated carbocycles. The second kappa shape index (κ2) is 17.8. The quantitative estimate of drug-likeness (QED) is 0.00829. The fraction of sp³-hybridized carbons (Fsp3) is 0.0833. The van der Waals surface area contributed by atoms with E-state index in [0.29, 0.717) is 22.6 Å². The average Bonchev–Trinajstić information content (AvgIpc) is 3.07. The minimum absolute atomic E-state index is 0.00842. The minimum Gasteiger partial charge on any atom is -0.398 e. The summed E-state index contributed by atoms with van der Waals surface area (Å²) >= 11 is 0.938. The van der Waals surface area contributed by atoms with E-state index in [1.165, 1.54) is 24.3 Å². The van der Waals surface area contributed by atoms with Crippen molar-refractivity contribution in [3.63, 3.8) is 0 Å². The lowest BCUT2D eigenvalue weighted by atomic mass is 10.2. The summed E-state index contributed by atoms with van der Waals surface area (Å²) in [6.45, 7) is -0.295. The minimum atomic E-state index is -4.82. The second-order valence-electron chi connectivity index (χ2n) is 8.97. The number of nitrogens with one attached hydrogen (secondary N) is 3. The van der Waals surface area contributed by atoms with E-state index >= 15 is 0 Å². The largest absolute Gasteiger partial charge is 0.398 e. The van der Waals surface area contributed by atoms with E-state index in [1.54, 1.807) is 30.5 Å². The number of hydrogen-bond donors (Lipinski definition) is 7. The zero-order valence-corrected chi connectivity index (χ0v) is 27.9. The highest BCUT2D eigenvalue weighted by atomic mass is 32.2. The Morgan fingerprint density at radius 3 is 2.28 bits per heavy atom. The lowest BCUT2D eigenvalue weighted by Crippen LogP contribution is -2.10. The molecule has 0 aliphatic rings. The summed E-state index contributed by atoms with van der Waals surface area (Å²) in [5, 5.41) is 48.6. The van der Waals surface area contributed by atoms with Crippen LogP contribution in [0.2, 0.25) is 0 Å². The molecule has 0 spiro atoms. The Morgan fingerprint density at radius 2 is 1.60 bits per heavy atom. The van der Waals surface area contributed by atoms with Crippen molar-refractivity contribution < 1.29 is 54.8 Å². The predicted octanol–water partition coefficient (Wildman–Crippen LogP) is 4.70. The molecule has 0 bridgehead atoms. The van der Waals surface area contributed by atoms with Crippen molar-refractivity contribution in [2.24, 2.45) is 10.2 Å². The summed E-state index contributed by atoms with van der Waals surface area (Å²) in [5.74, 6) is -0.894. The van der Waals surface area contributed by atoms with Gasteiger partial charge in [-0.15, -0.1) is 13.8 Å². The Balaban J connectivity index is 1.63. The topological polar surface area (TPSA) is 324 Å². The van der Waals surface area contributed by atoms with Gasteiger partial charge in [0.1, 0.15) is 10.6 Å². The maximum Gasteiger partial charge on any atom is 0.296 e. The van der Waals surface area contributed by atoms with Crippen molar-refractivity contribution in [1.29, 1.82) is 5.26 Å². The summed E-state index contributed by atoms with van der Waals surface area (Å²) in [6.07, 6.45) is 1.69. The number of rotatable bonds is 18. The van der Waals surface area contributed by atoms with Crippen LogP contribution in [0.15, 0.2) is 85.6 Å². The normalized spacial score (nSPS) is 11.7. The average molecular weight is 771 g/mol. The predicted molar refractivity (Wildman–Crippen MR) is 174 cm³/mol. The van der Waals surface area contributed by atoms with Crippen molar-refractivity contribution in [3.05, 3.63) is 60.7 Å². The standard InChI is InChI=1S/C24H22N10O12S4/c25-13-27-22-30-23(28-15-2-1-3-16(10-15)47-45-43-35)32-24(31-22)29-19-11-18(26)21(50(39,40)41)12-20(19)34-33-14-4-6-17(7-5-14)49(37,38)9-8-42-48-46-44-36/h1-7,10-12,35-36H,8-9,26H2,(H,39,40,41)(H3,27,28,29,30,31,32). The lowest BCUT2D eigenvalue weighted by molar-refractivity contribution is -0.434. The summed E-state index contributed by atoms with van der Waals surface area (Å²) < 4.78 is 72.0. The first kappa shape index (κ1) is 38.0. The van der Waals surface area contributed by atoms with Gasteiger partial charge in [0, 0.05) is 10.6 Å². The molecule has 264 valence electrons. The highest BCUT2D eigenvalue weighted by Gasteiger charge is 2.20. The van der Waals surface area contributed by atoms with Crippen LogP contribution in [-0.2, 0) is 42.9 Å². The fourth-order valence-corrected chi connectivity index (χ4v) is 6.12. The van der Waals surface area contributed by atoms with Gasteiger partial charge in [-0.25, -0.2) is 18.9 Å². The lowest BCUT2D eigenvalue weighted by Gasteiger charge is -2.13. The molecule has 8 N–H and O–H groups in total. The molecule has 0 fully saturated rings. The summed E-state index contributed by atoms with van der Waals surface area (Å²) in [5.41, 5.74) is 5.92. The van der Waals surface area contributed by atoms with Crippen molar-refractivity contribution in [2.45, 2.75) is 14.7 Å². The van der Waals surface area contributed by atoms with E-state index in [9.17, 15) is 21.4 Å². The first-order chi connectivity index (χ1) is 23.9. The van der Waals surface area contributed by atoms with E-state index in [4.69, 9.17) is 25.7 Å². The van der Waals surface area contributed by atoms with Gasteiger partial charge in [0.25, 0.3) is 10.1 Å². The van der Waals surface area contributed by atoms with Gasteiger partial charge in [-0.1, -0.05) is 16.1 Å². The molecular formula is C24H22N10O12S4. The van der Waals surface area contributed by atoms with Gasteiger partial charge in [-0.05, 0) is 54.6 Å². The first-order valence-electron chi connectivity index (χ1n) is 13.0. The third-order valence-corrected chi connectivity index (χ3v) is 9.28. The molecule has 0 aliphatic heterocycles. The van der Waals surface area contributed by atoms with Crippen molar-refractivity contribution in [1.82, 2.24) is 15.0 Å². The van der Waals surface area contributed by atoms with E-state index in [0.717, 1.165) is 12.1 Å². The molecule has 50 heavy (non-hydrogen) atoms. The fourth-order valence-electron chi connectivity index (χ4n) is 3.67. The monoisotopic (exact) mass is 770 g/mol. The Morgan fingerprint density at radius 1 is 0.900 bits per heavy atom. The van der Waals surface area contributed by atoms with Crippen LogP contribution in [0.25, 0.3) is 0 Å². The van der Waals surface area contributed by atoms with Gasteiger partial charge in [0.2, 0.25) is 17.8 Å². The molecule has 0 unspecified atom stereocenters. The zero-order chi connectivity index (χ0) is 36.1. The molecule has 1 aromatic heterocycles. The van der Waals surface area contributed by atoms with Gasteiger partial charge in [0.15, 0.2) is 28.4 Å². The number of aromatic nitrogens is 3. The molecule has 0 radical (unpaired) electrons. The van der Waals surface area contributed by atoms with Gasteiger partial charge >= 0.3 is 0 Å². The van der Waals surface area contributed by atoms with E-state index in [1.807, 2.05) is 0 Å². The third kappa shape index (κ3) is 11.1. The Bertz CT molecular complexity index is 2090. The van der Waals surface area contributed by atoms with Gasteiger partial charge in [0.05, 0.1) is 46.4 Å². The number of benzene rings is 3. The highest BCUT2D eigenvalue weighted by Crippen LogP contribution is 2.36. The maximum absolute atomic E-state index is 12.6. The zero-order valence-electron chi connectivity index (χ0n) is 24.6. The molecule has 22 nitrogen and oxygen atoms in total. The van der Waals surface area contributed by atoms with Crippen LogP contribution in [-0.4, -0.2) is 59.2 Å². The Hall–Kier alpha value is -4.76. The highest BCUT2D eigenvalue weighted by molar-refractivity contribution is 7.94. The number of hydrogen-bond acceptors (Lipinski definition) is 23. The molecule has 0 aliphatic carbocycles. The maximum atomic E-state index is 12.6. The molecule has 3 aromatic carbocycles. The Kier molecular flexibility index (Phi) is 13.5. The van der Waals surface area contributed by atoms with E-state index in [-0.39, 0.29) is 64.4 Å². The molecule has 4 rings (SSSR count). The molecule has 0 saturated heterocycles. The van der Waals surface area contributed by atoms with Crippen LogP contribution >= 0.6 is 24.4 Å². The third-order valence-electron chi connectivity index (χ3n) is 5.72. The molecule has 1 heterocycles. The van der Waals surface area contributed by atoms with Crippen LogP contribution in [0.5, 0.6) is 0 Å².